The Morgan fingerprint density at radius 3 is 2.86 bits per heavy atom. The maximum absolute atomic E-state index is 4.68. The monoisotopic (exact) mass is 346 g/mol. The molecule has 0 aliphatic heterocycles. The van der Waals surface area contributed by atoms with Gasteiger partial charge in [-0.15, -0.1) is 0 Å². The van der Waals surface area contributed by atoms with E-state index in [4.69, 9.17) is 0 Å². The molecule has 0 N–H and O–H groups in total. The minimum absolute atomic E-state index is 0.465. The van der Waals surface area contributed by atoms with Crippen LogP contribution in [0, 0.1) is 5.92 Å². The van der Waals surface area contributed by atoms with E-state index < -0.39 is 0 Å². The molecule has 2 nitrogen and oxygen atoms in total. The van der Waals surface area contributed by atoms with Crippen LogP contribution in [-0.2, 0) is 25.8 Å². The average Bonchev–Trinajstić information content (AvgIpc) is 2.92. The van der Waals surface area contributed by atoms with Crippen molar-refractivity contribution in [2.45, 2.75) is 50.9 Å². The van der Waals surface area contributed by atoms with Gasteiger partial charge in [0.1, 0.15) is 0 Å². The van der Waals surface area contributed by atoms with Crippen molar-refractivity contribution in [3.05, 3.63) is 52.8 Å². The number of fused-ring (bicyclic) bond motifs is 1. The first-order chi connectivity index (χ1) is 10.2. The highest BCUT2D eigenvalue weighted by Gasteiger charge is 2.28. The maximum Gasteiger partial charge on any atom is 0.0624 e. The lowest BCUT2D eigenvalue weighted by molar-refractivity contribution is 0.435. The highest BCUT2D eigenvalue weighted by molar-refractivity contribution is 9.09. The Bertz CT molecular complexity index is 617. The van der Waals surface area contributed by atoms with Gasteiger partial charge >= 0.3 is 0 Å². The summed E-state index contributed by atoms with van der Waals surface area (Å²) in [6.45, 7) is 5.32. The van der Waals surface area contributed by atoms with E-state index in [0.29, 0.717) is 10.7 Å². The highest BCUT2D eigenvalue weighted by atomic mass is 79.9. The van der Waals surface area contributed by atoms with Crippen molar-refractivity contribution >= 4 is 15.9 Å². The lowest BCUT2D eigenvalue weighted by atomic mass is 9.81. The Morgan fingerprint density at radius 1 is 1.29 bits per heavy atom. The largest absolute Gasteiger partial charge is 0.270 e. The van der Waals surface area contributed by atoms with Crippen LogP contribution in [-0.4, -0.2) is 9.78 Å². The molecule has 3 rings (SSSR count). The standard InChI is InChI=1S/C18H23BrN2/c1-3-15-12-16(21(4-2)20-15)11-14-10-9-13-7-5-6-8-17(13)18(14)19/h5-8,12,14,18H,3-4,9-11H2,1-2H3. The van der Waals surface area contributed by atoms with Gasteiger partial charge in [-0.3, -0.25) is 4.68 Å². The average molecular weight is 347 g/mol. The van der Waals surface area contributed by atoms with Gasteiger partial charge in [-0.1, -0.05) is 47.1 Å². The van der Waals surface area contributed by atoms with E-state index in [-0.39, 0.29) is 0 Å². The summed E-state index contributed by atoms with van der Waals surface area (Å²) in [5, 5.41) is 4.68. The molecule has 1 aromatic carbocycles. The Hall–Kier alpha value is -1.09. The quantitative estimate of drug-likeness (QED) is 0.733. The number of hydrogen-bond donors (Lipinski definition) is 0. The summed E-state index contributed by atoms with van der Waals surface area (Å²) in [5.74, 6) is 0.659. The van der Waals surface area contributed by atoms with Crippen molar-refractivity contribution in [1.29, 1.82) is 0 Å². The summed E-state index contributed by atoms with van der Waals surface area (Å²) in [4.78, 5) is 0.465. The topological polar surface area (TPSA) is 17.8 Å². The fourth-order valence-corrected chi connectivity index (χ4v) is 4.27. The van der Waals surface area contributed by atoms with Crippen LogP contribution in [0.1, 0.15) is 47.6 Å². The van der Waals surface area contributed by atoms with Gasteiger partial charge < -0.3 is 0 Å². The molecular formula is C18H23BrN2. The lowest BCUT2D eigenvalue weighted by Gasteiger charge is -2.30. The van der Waals surface area contributed by atoms with Gasteiger partial charge in [0.05, 0.1) is 5.69 Å². The van der Waals surface area contributed by atoms with E-state index in [2.05, 4.69) is 69.9 Å². The number of halogens is 1. The molecule has 1 aliphatic rings. The molecule has 2 unspecified atom stereocenters. The molecular weight excluding hydrogens is 324 g/mol. The molecule has 0 amide bonds. The van der Waals surface area contributed by atoms with Crippen molar-refractivity contribution < 1.29 is 0 Å². The van der Waals surface area contributed by atoms with Crippen LogP contribution in [0.2, 0.25) is 0 Å². The van der Waals surface area contributed by atoms with E-state index in [1.165, 1.54) is 35.4 Å². The summed E-state index contributed by atoms with van der Waals surface area (Å²) >= 11 is 3.95. The number of rotatable bonds is 4. The van der Waals surface area contributed by atoms with Crippen LogP contribution < -0.4 is 0 Å². The Morgan fingerprint density at radius 2 is 2.10 bits per heavy atom. The highest BCUT2D eigenvalue weighted by Crippen LogP contribution is 2.41. The van der Waals surface area contributed by atoms with Gasteiger partial charge in [-0.25, -0.2) is 0 Å². The fraction of sp³-hybridized carbons (Fsp3) is 0.500. The Kier molecular flexibility index (Phi) is 4.48. The van der Waals surface area contributed by atoms with Crippen molar-refractivity contribution in [2.24, 2.45) is 5.92 Å². The number of hydrogen-bond acceptors (Lipinski definition) is 1. The molecule has 112 valence electrons. The van der Waals surface area contributed by atoms with E-state index in [1.807, 2.05) is 0 Å². The SMILES string of the molecule is CCc1cc(CC2CCc3ccccc3C2Br)n(CC)n1. The van der Waals surface area contributed by atoms with Crippen LogP contribution in [0.5, 0.6) is 0 Å². The number of aromatic nitrogens is 2. The molecule has 2 atom stereocenters. The molecule has 0 radical (unpaired) electrons. The van der Waals surface area contributed by atoms with Gasteiger partial charge in [0.15, 0.2) is 0 Å². The van der Waals surface area contributed by atoms with Crippen LogP contribution in [0.4, 0.5) is 0 Å². The first-order valence-electron chi connectivity index (χ1n) is 8.00. The summed E-state index contributed by atoms with van der Waals surface area (Å²) in [6, 6.07) is 11.1. The third kappa shape index (κ3) is 2.94. The molecule has 0 fully saturated rings. The Balaban J connectivity index is 1.82. The third-order valence-electron chi connectivity index (χ3n) is 4.60. The molecule has 1 heterocycles. The maximum atomic E-state index is 4.68. The second-order valence-electron chi connectivity index (χ2n) is 5.90. The zero-order chi connectivity index (χ0) is 14.8. The van der Waals surface area contributed by atoms with Crippen molar-refractivity contribution in [2.75, 3.05) is 0 Å². The predicted octanol–water partition coefficient (Wildman–Crippen LogP) is 4.71. The fourth-order valence-electron chi connectivity index (χ4n) is 3.37. The van der Waals surface area contributed by atoms with Crippen LogP contribution in [0.25, 0.3) is 0 Å². The van der Waals surface area contributed by atoms with Crippen molar-refractivity contribution in [3.63, 3.8) is 0 Å². The molecule has 1 aliphatic carbocycles. The number of benzene rings is 1. The minimum Gasteiger partial charge on any atom is -0.270 e. The van der Waals surface area contributed by atoms with Gasteiger partial charge in [-0.05, 0) is 55.7 Å². The smallest absolute Gasteiger partial charge is 0.0624 e. The van der Waals surface area contributed by atoms with Gasteiger partial charge in [0.25, 0.3) is 0 Å². The molecule has 3 heteroatoms. The molecule has 0 saturated heterocycles. The number of alkyl halides is 1. The zero-order valence-corrected chi connectivity index (χ0v) is 14.4. The van der Waals surface area contributed by atoms with Gasteiger partial charge in [-0.2, -0.15) is 5.10 Å². The van der Waals surface area contributed by atoms with Crippen molar-refractivity contribution in [3.8, 4) is 0 Å². The molecule has 1 aromatic heterocycles. The summed E-state index contributed by atoms with van der Waals surface area (Å²) < 4.78 is 2.18. The van der Waals surface area contributed by atoms with Gasteiger partial charge in [0, 0.05) is 17.1 Å². The third-order valence-corrected chi connectivity index (χ3v) is 5.84. The second kappa shape index (κ2) is 6.35. The van der Waals surface area contributed by atoms with E-state index in [1.54, 1.807) is 0 Å². The van der Waals surface area contributed by atoms with Crippen LogP contribution in [0.3, 0.4) is 0 Å². The first-order valence-corrected chi connectivity index (χ1v) is 8.92. The molecule has 0 saturated carbocycles. The molecule has 0 bridgehead atoms. The summed E-state index contributed by atoms with van der Waals surface area (Å²) in [6.07, 6.45) is 4.59. The molecule has 21 heavy (non-hydrogen) atoms. The van der Waals surface area contributed by atoms with Gasteiger partial charge in [0.2, 0.25) is 0 Å². The zero-order valence-electron chi connectivity index (χ0n) is 12.8. The predicted molar refractivity (Wildman–Crippen MR) is 90.9 cm³/mol. The van der Waals surface area contributed by atoms with E-state index in [9.17, 15) is 0 Å². The lowest BCUT2D eigenvalue weighted by Crippen LogP contribution is -2.20. The van der Waals surface area contributed by atoms with E-state index >= 15 is 0 Å². The minimum atomic E-state index is 0.465. The first kappa shape index (κ1) is 14.8. The summed E-state index contributed by atoms with van der Waals surface area (Å²) in [5.41, 5.74) is 5.60. The van der Waals surface area contributed by atoms with Crippen LogP contribution >= 0.6 is 15.9 Å². The number of aryl methyl sites for hydroxylation is 3. The normalized spacial score (nSPS) is 21.3. The molecule has 0 spiro atoms. The van der Waals surface area contributed by atoms with E-state index in [0.717, 1.165) is 19.4 Å². The van der Waals surface area contributed by atoms with Crippen molar-refractivity contribution in [1.82, 2.24) is 9.78 Å². The Labute approximate surface area is 135 Å². The molecule has 2 aromatic rings. The summed E-state index contributed by atoms with van der Waals surface area (Å²) in [7, 11) is 0. The second-order valence-corrected chi connectivity index (χ2v) is 6.89. The van der Waals surface area contributed by atoms with Crippen LogP contribution in [0.15, 0.2) is 30.3 Å². The number of nitrogens with zero attached hydrogens (tertiary/aromatic N) is 2.